The van der Waals surface area contributed by atoms with Gasteiger partial charge >= 0.3 is 0 Å². The molecular weight excluding hydrogens is 573 g/mol. The van der Waals surface area contributed by atoms with Crippen LogP contribution in [0, 0.1) is 11.6 Å². The lowest BCUT2D eigenvalue weighted by Gasteiger charge is -2.39. The van der Waals surface area contributed by atoms with Gasteiger partial charge in [0.25, 0.3) is 5.91 Å². The van der Waals surface area contributed by atoms with Crippen LogP contribution >= 0.6 is 34.8 Å². The molecule has 4 rings (SSSR count). The van der Waals surface area contributed by atoms with Gasteiger partial charge in [-0.3, -0.25) is 9.10 Å². The number of halogens is 5. The van der Waals surface area contributed by atoms with Crippen molar-refractivity contribution in [1.82, 2.24) is 4.90 Å². The molecule has 10 heteroatoms. The highest BCUT2D eigenvalue weighted by Crippen LogP contribution is 2.32. The van der Waals surface area contributed by atoms with E-state index in [1.165, 1.54) is 10.4 Å². The zero-order chi connectivity index (χ0) is 28.4. The van der Waals surface area contributed by atoms with E-state index in [1.54, 1.807) is 41.3 Å². The highest BCUT2D eigenvalue weighted by atomic mass is 35.5. The average Bonchev–Trinajstić information content (AvgIpc) is 2.93. The van der Waals surface area contributed by atoms with Crippen LogP contribution in [-0.2, 0) is 11.0 Å². The molecule has 0 aliphatic carbocycles. The van der Waals surface area contributed by atoms with E-state index in [1.807, 2.05) is 27.7 Å². The quantitative estimate of drug-likeness (QED) is 0.292. The minimum atomic E-state index is -1.83. The van der Waals surface area contributed by atoms with E-state index in [2.05, 4.69) is 0 Å². The number of likely N-dealkylation sites (tertiary alicyclic amines) is 1. The van der Waals surface area contributed by atoms with Crippen LogP contribution in [-0.4, -0.2) is 34.1 Å². The Bertz CT molecular complexity index is 1240. The SMILES string of the molecule is CC.CC.O=C(c1ccc(Cl)cc1Cl)N1CCC(N(c2cc(F)ccc2F)S(=O)c2ccc(Cl)cc2)CC1. The number of carbonyl (C=O) groups excluding carboxylic acids is 1. The first-order valence-corrected chi connectivity index (χ1v) is 14.6. The van der Waals surface area contributed by atoms with Crippen LogP contribution in [0.2, 0.25) is 15.1 Å². The number of piperidine rings is 1. The molecule has 1 aliphatic heterocycles. The van der Waals surface area contributed by atoms with Gasteiger partial charge in [0, 0.05) is 35.2 Å². The molecule has 38 heavy (non-hydrogen) atoms. The van der Waals surface area contributed by atoms with Crippen molar-refractivity contribution in [2.24, 2.45) is 0 Å². The molecule has 1 heterocycles. The van der Waals surface area contributed by atoms with E-state index < -0.39 is 28.7 Å². The molecule has 1 fully saturated rings. The number of hydrogen-bond acceptors (Lipinski definition) is 2. The number of rotatable bonds is 5. The van der Waals surface area contributed by atoms with Crippen molar-refractivity contribution in [2.45, 2.75) is 51.5 Å². The molecule has 0 spiro atoms. The Hall–Kier alpha value is -2.19. The average molecular weight is 604 g/mol. The van der Waals surface area contributed by atoms with Crippen molar-refractivity contribution in [2.75, 3.05) is 17.4 Å². The van der Waals surface area contributed by atoms with Gasteiger partial charge < -0.3 is 4.90 Å². The lowest BCUT2D eigenvalue weighted by atomic mass is 10.0. The maximum absolute atomic E-state index is 14.8. The molecule has 1 saturated heterocycles. The smallest absolute Gasteiger partial charge is 0.255 e. The van der Waals surface area contributed by atoms with Crippen molar-refractivity contribution in [3.05, 3.63) is 92.9 Å². The molecule has 0 bridgehead atoms. The van der Waals surface area contributed by atoms with Crippen molar-refractivity contribution >= 4 is 57.4 Å². The molecule has 3 aromatic rings. The van der Waals surface area contributed by atoms with Gasteiger partial charge in [0.1, 0.15) is 11.6 Å². The van der Waals surface area contributed by atoms with E-state index in [-0.39, 0.29) is 16.6 Å². The second-order valence-electron chi connectivity index (χ2n) is 7.77. The fraction of sp³-hybridized carbons (Fsp3) is 0.321. The molecule has 0 radical (unpaired) electrons. The maximum Gasteiger partial charge on any atom is 0.255 e. The first-order valence-electron chi connectivity index (χ1n) is 12.4. The molecule has 0 saturated carbocycles. The normalized spacial score (nSPS) is 14.0. The number of amides is 1. The van der Waals surface area contributed by atoms with Gasteiger partial charge in [-0.25, -0.2) is 13.0 Å². The van der Waals surface area contributed by atoms with Crippen LogP contribution in [0.1, 0.15) is 50.9 Å². The molecule has 1 unspecified atom stereocenters. The third-order valence-corrected chi connectivity index (χ3v) is 7.91. The van der Waals surface area contributed by atoms with Gasteiger partial charge in [0.05, 0.1) is 21.2 Å². The second-order valence-corrected chi connectivity index (χ2v) is 10.4. The van der Waals surface area contributed by atoms with E-state index in [0.717, 1.165) is 18.2 Å². The first kappa shape index (κ1) is 32.0. The Morgan fingerprint density at radius 2 is 1.45 bits per heavy atom. The van der Waals surface area contributed by atoms with E-state index in [4.69, 9.17) is 34.8 Å². The van der Waals surface area contributed by atoms with Gasteiger partial charge in [0.2, 0.25) is 0 Å². The molecule has 4 nitrogen and oxygen atoms in total. The maximum atomic E-state index is 14.8. The summed E-state index contributed by atoms with van der Waals surface area (Å²) in [4.78, 5) is 15.0. The molecule has 1 amide bonds. The summed E-state index contributed by atoms with van der Waals surface area (Å²) in [5, 5.41) is 1.15. The molecule has 3 aromatic carbocycles. The highest BCUT2D eigenvalue weighted by Gasteiger charge is 2.33. The summed E-state index contributed by atoms with van der Waals surface area (Å²) in [7, 11) is -1.83. The third-order valence-electron chi connectivity index (χ3n) is 5.58. The van der Waals surface area contributed by atoms with Crippen LogP contribution < -0.4 is 4.31 Å². The van der Waals surface area contributed by atoms with Crippen molar-refractivity contribution in [1.29, 1.82) is 0 Å². The van der Waals surface area contributed by atoms with E-state index in [9.17, 15) is 17.8 Å². The van der Waals surface area contributed by atoms with Crippen molar-refractivity contribution < 1.29 is 17.8 Å². The molecule has 0 N–H and O–H groups in total. The summed E-state index contributed by atoms with van der Waals surface area (Å²) in [6.45, 7) is 8.65. The second kappa shape index (κ2) is 15.4. The Morgan fingerprint density at radius 3 is 2.03 bits per heavy atom. The third kappa shape index (κ3) is 7.92. The van der Waals surface area contributed by atoms with E-state index in [0.29, 0.717) is 46.4 Å². The monoisotopic (exact) mass is 602 g/mol. The minimum Gasteiger partial charge on any atom is -0.338 e. The Labute approximate surface area is 241 Å². The van der Waals surface area contributed by atoms with E-state index >= 15 is 0 Å². The number of anilines is 1. The molecule has 1 atom stereocenters. The molecule has 206 valence electrons. The summed E-state index contributed by atoms with van der Waals surface area (Å²) in [6.07, 6.45) is 0.790. The fourth-order valence-corrected chi connectivity index (χ4v) is 5.89. The lowest BCUT2D eigenvalue weighted by molar-refractivity contribution is 0.0716. The van der Waals surface area contributed by atoms with Crippen LogP contribution in [0.3, 0.4) is 0 Å². The van der Waals surface area contributed by atoms with Crippen molar-refractivity contribution in [3.8, 4) is 0 Å². The minimum absolute atomic E-state index is 0.0983. The Balaban J connectivity index is 0.00000121. The Kier molecular flexibility index (Phi) is 13.0. The van der Waals surface area contributed by atoms with Gasteiger partial charge in [-0.15, -0.1) is 0 Å². The van der Waals surface area contributed by atoms with Crippen LogP contribution in [0.4, 0.5) is 14.5 Å². The predicted molar refractivity (Wildman–Crippen MR) is 155 cm³/mol. The standard InChI is InChI=1S/C24H19Cl3F2N2O2S.2C2H6/c25-15-1-5-19(6-2-15)34(33)31(23-14-17(28)4-8-22(23)29)18-9-11-30(12-10-18)24(32)20-7-3-16(26)13-21(20)27;2*1-2/h1-8,13-14,18H,9-12H2;2*1-2H3. The summed E-state index contributed by atoms with van der Waals surface area (Å²) >= 11 is 18.1. The number of carbonyl (C=O) groups is 1. The van der Waals surface area contributed by atoms with Gasteiger partial charge in [-0.1, -0.05) is 62.5 Å². The van der Waals surface area contributed by atoms with Gasteiger partial charge in [-0.05, 0) is 67.4 Å². The molecule has 0 aromatic heterocycles. The number of nitrogens with zero attached hydrogens (tertiary/aromatic N) is 2. The molecular formula is C28H31Cl3F2N2O2S. The number of benzene rings is 3. The summed E-state index contributed by atoms with van der Waals surface area (Å²) in [5.41, 5.74) is 0.237. The summed E-state index contributed by atoms with van der Waals surface area (Å²) in [6, 6.07) is 13.7. The van der Waals surface area contributed by atoms with Crippen LogP contribution in [0.5, 0.6) is 0 Å². The lowest BCUT2D eigenvalue weighted by Crippen LogP contribution is -2.47. The van der Waals surface area contributed by atoms with Crippen LogP contribution in [0.25, 0.3) is 0 Å². The zero-order valence-corrected chi connectivity index (χ0v) is 24.8. The van der Waals surface area contributed by atoms with Gasteiger partial charge in [0.15, 0.2) is 11.0 Å². The predicted octanol–water partition coefficient (Wildman–Crippen LogP) is 8.81. The zero-order valence-electron chi connectivity index (χ0n) is 21.7. The van der Waals surface area contributed by atoms with Crippen molar-refractivity contribution in [3.63, 3.8) is 0 Å². The van der Waals surface area contributed by atoms with Crippen LogP contribution in [0.15, 0.2) is 65.6 Å². The largest absolute Gasteiger partial charge is 0.338 e. The fourth-order valence-electron chi connectivity index (χ4n) is 3.88. The number of hydrogen-bond donors (Lipinski definition) is 0. The first-order chi connectivity index (χ1) is 18.2. The Morgan fingerprint density at radius 1 is 0.868 bits per heavy atom. The van der Waals surface area contributed by atoms with Gasteiger partial charge in [-0.2, -0.15) is 0 Å². The highest BCUT2D eigenvalue weighted by molar-refractivity contribution is 7.86. The topological polar surface area (TPSA) is 40.6 Å². The summed E-state index contributed by atoms with van der Waals surface area (Å²) < 4.78 is 43.7. The molecule has 1 aliphatic rings. The summed E-state index contributed by atoms with van der Waals surface area (Å²) in [5.74, 6) is -1.57.